The Morgan fingerprint density at radius 1 is 1.14 bits per heavy atom. The number of rotatable bonds is 7. The molecular weight excluding hydrogens is 368 g/mol. The van der Waals surface area contributed by atoms with Gasteiger partial charge in [0.2, 0.25) is 5.91 Å². The quantitative estimate of drug-likeness (QED) is 0.733. The van der Waals surface area contributed by atoms with Gasteiger partial charge in [0, 0.05) is 18.7 Å². The number of esters is 1. The van der Waals surface area contributed by atoms with Crippen LogP contribution in [0.25, 0.3) is 0 Å². The fraction of sp³-hybridized carbons (Fsp3) is 0.348. The van der Waals surface area contributed by atoms with Crippen LogP contribution < -0.4 is 10.2 Å². The van der Waals surface area contributed by atoms with Crippen LogP contribution in [-0.4, -0.2) is 30.9 Å². The molecule has 3 rings (SSSR count). The topological polar surface area (TPSA) is 75.7 Å². The first-order valence-electron chi connectivity index (χ1n) is 9.88. The Balaban J connectivity index is 1.52. The molecular formula is C23H26N2O4. The number of nitrogens with zero attached hydrogens (tertiary/aromatic N) is 1. The minimum absolute atomic E-state index is 0.0961. The fourth-order valence-corrected chi connectivity index (χ4v) is 3.53. The minimum atomic E-state index is -0.563. The van der Waals surface area contributed by atoms with Crippen molar-refractivity contribution in [1.82, 2.24) is 5.32 Å². The van der Waals surface area contributed by atoms with Crippen molar-refractivity contribution < 1.29 is 19.1 Å². The number of para-hydroxylation sites is 1. The Kier molecular flexibility index (Phi) is 6.65. The molecule has 0 spiro atoms. The van der Waals surface area contributed by atoms with E-state index in [0.717, 1.165) is 23.2 Å². The van der Waals surface area contributed by atoms with Gasteiger partial charge in [-0.3, -0.25) is 14.4 Å². The maximum absolute atomic E-state index is 12.4. The highest BCUT2D eigenvalue weighted by Gasteiger charge is 2.37. The van der Waals surface area contributed by atoms with Gasteiger partial charge in [0.25, 0.3) is 5.91 Å². The molecule has 0 aliphatic carbocycles. The van der Waals surface area contributed by atoms with Gasteiger partial charge >= 0.3 is 5.97 Å². The van der Waals surface area contributed by atoms with E-state index in [1.54, 1.807) is 4.90 Å². The lowest BCUT2D eigenvalue weighted by atomic mass is 10.1. The van der Waals surface area contributed by atoms with Gasteiger partial charge in [0.15, 0.2) is 6.61 Å². The lowest BCUT2D eigenvalue weighted by molar-refractivity contribution is -0.152. The van der Waals surface area contributed by atoms with Crippen LogP contribution in [0.5, 0.6) is 0 Å². The summed E-state index contributed by atoms with van der Waals surface area (Å²) in [5.41, 5.74) is 2.87. The van der Waals surface area contributed by atoms with Gasteiger partial charge in [-0.1, -0.05) is 55.5 Å². The number of hydrogen-bond donors (Lipinski definition) is 1. The van der Waals surface area contributed by atoms with Crippen LogP contribution in [0.4, 0.5) is 5.69 Å². The number of aryl methyl sites for hydroxylation is 1. The molecule has 29 heavy (non-hydrogen) atoms. The van der Waals surface area contributed by atoms with Gasteiger partial charge in [-0.25, -0.2) is 0 Å². The molecule has 0 saturated carbocycles. The molecule has 0 bridgehead atoms. The predicted octanol–water partition coefficient (Wildman–Crippen LogP) is 3.02. The Morgan fingerprint density at radius 3 is 2.55 bits per heavy atom. The van der Waals surface area contributed by atoms with E-state index >= 15 is 0 Å². The predicted molar refractivity (Wildman–Crippen MR) is 110 cm³/mol. The van der Waals surface area contributed by atoms with Crippen molar-refractivity contribution in [2.24, 2.45) is 5.92 Å². The zero-order valence-corrected chi connectivity index (χ0v) is 16.8. The molecule has 152 valence electrons. The van der Waals surface area contributed by atoms with Crippen molar-refractivity contribution >= 4 is 23.5 Å². The van der Waals surface area contributed by atoms with E-state index in [-0.39, 0.29) is 37.4 Å². The maximum Gasteiger partial charge on any atom is 0.311 e. The number of nitrogens with one attached hydrogen (secondary N) is 1. The third kappa shape index (κ3) is 5.02. The third-order valence-corrected chi connectivity index (χ3v) is 5.14. The molecule has 2 atom stereocenters. The summed E-state index contributed by atoms with van der Waals surface area (Å²) in [4.78, 5) is 38.6. The molecule has 1 heterocycles. The number of anilines is 1. The minimum Gasteiger partial charge on any atom is -0.455 e. The highest BCUT2D eigenvalue weighted by molar-refractivity contribution is 6.00. The largest absolute Gasteiger partial charge is 0.455 e. The first kappa shape index (κ1) is 20.6. The Morgan fingerprint density at radius 2 is 1.83 bits per heavy atom. The maximum atomic E-state index is 12.4. The smallest absolute Gasteiger partial charge is 0.311 e. The molecule has 0 unspecified atom stereocenters. The molecule has 0 radical (unpaired) electrons. The number of amides is 2. The average Bonchev–Trinajstić information content (AvgIpc) is 3.14. The molecule has 6 heteroatoms. The van der Waals surface area contributed by atoms with Crippen molar-refractivity contribution in [2.45, 2.75) is 32.7 Å². The summed E-state index contributed by atoms with van der Waals surface area (Å²) in [6.45, 7) is 3.82. The number of carbonyl (C=O) groups is 3. The van der Waals surface area contributed by atoms with Gasteiger partial charge in [-0.05, 0) is 30.5 Å². The summed E-state index contributed by atoms with van der Waals surface area (Å²) in [6, 6.07) is 17.1. The summed E-state index contributed by atoms with van der Waals surface area (Å²) in [5.74, 6) is -1.55. The van der Waals surface area contributed by atoms with E-state index in [9.17, 15) is 14.4 Å². The van der Waals surface area contributed by atoms with Gasteiger partial charge in [0.05, 0.1) is 12.0 Å². The molecule has 2 aromatic rings. The molecule has 2 aromatic carbocycles. The Hall–Kier alpha value is -3.15. The number of benzene rings is 2. The lowest BCUT2D eigenvalue weighted by Gasteiger charge is -2.19. The summed E-state index contributed by atoms with van der Waals surface area (Å²) in [7, 11) is 0. The second-order valence-corrected chi connectivity index (χ2v) is 7.20. The standard InChI is InChI=1S/C23H26N2O4/c1-3-17-9-7-8-12-20(17)25-14-19(13-22(25)27)23(28)29-15-21(26)24-16(2)18-10-5-4-6-11-18/h4-12,16,19H,3,13-15H2,1-2H3,(H,24,26)/t16-,19-/m1/s1. The monoisotopic (exact) mass is 394 g/mol. The first-order valence-corrected chi connectivity index (χ1v) is 9.88. The highest BCUT2D eigenvalue weighted by atomic mass is 16.5. The fourth-order valence-electron chi connectivity index (χ4n) is 3.53. The van der Waals surface area contributed by atoms with Crippen molar-refractivity contribution in [3.63, 3.8) is 0 Å². The number of ether oxygens (including phenoxy) is 1. The number of hydrogen-bond acceptors (Lipinski definition) is 4. The van der Waals surface area contributed by atoms with E-state index in [2.05, 4.69) is 5.32 Å². The molecule has 1 aliphatic rings. The van der Waals surface area contributed by atoms with Gasteiger partial charge in [0.1, 0.15) is 0 Å². The van der Waals surface area contributed by atoms with E-state index < -0.39 is 11.9 Å². The van der Waals surface area contributed by atoms with Crippen LogP contribution in [-0.2, 0) is 25.5 Å². The van der Waals surface area contributed by atoms with Gasteiger partial charge < -0.3 is 15.0 Å². The second kappa shape index (κ2) is 9.37. The van der Waals surface area contributed by atoms with Crippen LogP contribution in [0.1, 0.15) is 37.4 Å². The summed E-state index contributed by atoms with van der Waals surface area (Å²) < 4.78 is 5.18. The van der Waals surface area contributed by atoms with Crippen molar-refractivity contribution in [1.29, 1.82) is 0 Å². The average molecular weight is 394 g/mol. The summed E-state index contributed by atoms with van der Waals surface area (Å²) in [5, 5.41) is 2.81. The summed E-state index contributed by atoms with van der Waals surface area (Å²) >= 11 is 0. The van der Waals surface area contributed by atoms with Crippen LogP contribution in [0.2, 0.25) is 0 Å². The summed E-state index contributed by atoms with van der Waals surface area (Å²) in [6.07, 6.45) is 0.897. The zero-order valence-electron chi connectivity index (χ0n) is 16.8. The third-order valence-electron chi connectivity index (χ3n) is 5.14. The van der Waals surface area contributed by atoms with Crippen LogP contribution in [0.15, 0.2) is 54.6 Å². The van der Waals surface area contributed by atoms with Crippen LogP contribution in [0.3, 0.4) is 0 Å². The van der Waals surface area contributed by atoms with Gasteiger partial charge in [-0.15, -0.1) is 0 Å². The van der Waals surface area contributed by atoms with Crippen molar-refractivity contribution in [2.75, 3.05) is 18.1 Å². The lowest BCUT2D eigenvalue weighted by Crippen LogP contribution is -2.33. The van der Waals surface area contributed by atoms with Crippen molar-refractivity contribution in [3.8, 4) is 0 Å². The Labute approximate surface area is 170 Å². The SMILES string of the molecule is CCc1ccccc1N1C[C@H](C(=O)OCC(=O)N[C@H](C)c2ccccc2)CC1=O. The molecule has 2 amide bonds. The van der Waals surface area contributed by atoms with Crippen LogP contribution in [0, 0.1) is 5.92 Å². The zero-order chi connectivity index (χ0) is 20.8. The molecule has 1 N–H and O–H groups in total. The Bertz CT molecular complexity index is 881. The molecule has 0 aromatic heterocycles. The number of carbonyl (C=O) groups excluding carboxylic acids is 3. The van der Waals surface area contributed by atoms with E-state index in [0.29, 0.717) is 0 Å². The molecule has 6 nitrogen and oxygen atoms in total. The molecule has 1 fully saturated rings. The van der Waals surface area contributed by atoms with Gasteiger partial charge in [-0.2, -0.15) is 0 Å². The van der Waals surface area contributed by atoms with E-state index in [1.807, 2.05) is 68.4 Å². The first-order chi connectivity index (χ1) is 14.0. The van der Waals surface area contributed by atoms with Crippen molar-refractivity contribution in [3.05, 3.63) is 65.7 Å². The highest BCUT2D eigenvalue weighted by Crippen LogP contribution is 2.29. The molecule has 1 aliphatic heterocycles. The van der Waals surface area contributed by atoms with E-state index in [1.165, 1.54) is 0 Å². The molecule has 1 saturated heterocycles. The van der Waals surface area contributed by atoms with Crippen LogP contribution >= 0.6 is 0 Å². The van der Waals surface area contributed by atoms with E-state index in [4.69, 9.17) is 4.74 Å². The normalized spacial score (nSPS) is 17.1. The second-order valence-electron chi connectivity index (χ2n) is 7.20.